The molecule has 1 heterocycles. The zero-order valence-electron chi connectivity index (χ0n) is 14.7. The number of carbonyl (C=O) groups is 2. The molecule has 2 aromatic carbocycles. The van der Waals surface area contributed by atoms with Gasteiger partial charge in [0.2, 0.25) is 0 Å². The maximum Gasteiger partial charge on any atom is 0.255 e. The molecule has 2 amide bonds. The van der Waals surface area contributed by atoms with Gasteiger partial charge < -0.3 is 20.1 Å². The highest BCUT2D eigenvalue weighted by atomic mass is 16.5. The summed E-state index contributed by atoms with van der Waals surface area (Å²) in [5, 5.41) is 5.66. The minimum Gasteiger partial charge on any atom is -0.492 e. The molecule has 0 unspecified atom stereocenters. The molecular formula is C20H22N2O4. The molecule has 0 spiro atoms. The Hall–Kier alpha value is -2.86. The molecule has 1 aliphatic rings. The smallest absolute Gasteiger partial charge is 0.255 e. The molecular weight excluding hydrogens is 332 g/mol. The van der Waals surface area contributed by atoms with Crippen LogP contribution >= 0.6 is 0 Å². The van der Waals surface area contributed by atoms with Crippen molar-refractivity contribution in [2.75, 3.05) is 23.8 Å². The van der Waals surface area contributed by atoms with Gasteiger partial charge in [0.15, 0.2) is 0 Å². The molecule has 0 aliphatic carbocycles. The minimum absolute atomic E-state index is 0.148. The van der Waals surface area contributed by atoms with E-state index >= 15 is 0 Å². The fraction of sp³-hybridized carbons (Fsp3) is 0.300. The van der Waals surface area contributed by atoms with Crippen LogP contribution in [-0.2, 0) is 9.53 Å². The number of hydrogen-bond acceptors (Lipinski definition) is 4. The molecule has 0 radical (unpaired) electrons. The molecule has 1 fully saturated rings. The SMILES string of the molecule is CCOc1ccccc1NC(=O)c1ccc(NC(=O)[C@H]2CCCO2)cc1. The number of nitrogens with one attached hydrogen (secondary N) is 2. The van der Waals surface area contributed by atoms with Crippen molar-refractivity contribution in [2.24, 2.45) is 0 Å². The summed E-state index contributed by atoms with van der Waals surface area (Å²) in [5.74, 6) is 0.239. The Kier molecular flexibility index (Phi) is 5.86. The van der Waals surface area contributed by atoms with Crippen molar-refractivity contribution >= 4 is 23.2 Å². The molecule has 0 aromatic heterocycles. The van der Waals surface area contributed by atoms with E-state index in [4.69, 9.17) is 9.47 Å². The number of anilines is 2. The maximum atomic E-state index is 12.4. The number of ether oxygens (including phenoxy) is 2. The van der Waals surface area contributed by atoms with Crippen LogP contribution in [0, 0.1) is 0 Å². The van der Waals surface area contributed by atoms with Crippen molar-refractivity contribution in [1.29, 1.82) is 0 Å². The number of amides is 2. The summed E-state index contributed by atoms with van der Waals surface area (Å²) in [7, 11) is 0. The van der Waals surface area contributed by atoms with E-state index in [0.717, 1.165) is 12.8 Å². The lowest BCUT2D eigenvalue weighted by Crippen LogP contribution is -2.26. The first kappa shape index (κ1) is 17.9. The third-order valence-corrected chi connectivity index (χ3v) is 4.07. The third-order valence-electron chi connectivity index (χ3n) is 4.07. The van der Waals surface area contributed by atoms with Gasteiger partial charge in [-0.1, -0.05) is 12.1 Å². The van der Waals surface area contributed by atoms with E-state index in [1.165, 1.54) is 0 Å². The lowest BCUT2D eigenvalue weighted by Gasteiger charge is -2.12. The quantitative estimate of drug-likeness (QED) is 0.833. The highest BCUT2D eigenvalue weighted by Crippen LogP contribution is 2.24. The Morgan fingerprint density at radius 2 is 1.88 bits per heavy atom. The highest BCUT2D eigenvalue weighted by molar-refractivity contribution is 6.05. The van der Waals surface area contributed by atoms with E-state index in [2.05, 4.69) is 10.6 Å². The van der Waals surface area contributed by atoms with E-state index in [1.807, 2.05) is 25.1 Å². The topological polar surface area (TPSA) is 76.7 Å². The predicted octanol–water partition coefficient (Wildman–Crippen LogP) is 3.46. The van der Waals surface area contributed by atoms with Gasteiger partial charge in [0, 0.05) is 17.9 Å². The van der Waals surface area contributed by atoms with Gasteiger partial charge in [0.25, 0.3) is 11.8 Å². The monoisotopic (exact) mass is 354 g/mol. The molecule has 0 saturated carbocycles. The normalized spacial score (nSPS) is 16.1. The van der Waals surface area contributed by atoms with Crippen LogP contribution in [0.25, 0.3) is 0 Å². The van der Waals surface area contributed by atoms with Crippen LogP contribution in [0.1, 0.15) is 30.1 Å². The van der Waals surface area contributed by atoms with Gasteiger partial charge in [0.05, 0.1) is 12.3 Å². The van der Waals surface area contributed by atoms with Crippen molar-refractivity contribution in [3.05, 3.63) is 54.1 Å². The number of hydrogen-bond donors (Lipinski definition) is 2. The summed E-state index contributed by atoms with van der Waals surface area (Å²) >= 11 is 0. The fourth-order valence-corrected chi connectivity index (χ4v) is 2.76. The first-order valence-electron chi connectivity index (χ1n) is 8.73. The second-order valence-electron chi connectivity index (χ2n) is 5.95. The first-order chi connectivity index (χ1) is 12.7. The second-order valence-corrected chi connectivity index (χ2v) is 5.95. The van der Waals surface area contributed by atoms with Crippen LogP contribution < -0.4 is 15.4 Å². The molecule has 6 heteroatoms. The maximum absolute atomic E-state index is 12.4. The van der Waals surface area contributed by atoms with Gasteiger partial charge in [-0.15, -0.1) is 0 Å². The lowest BCUT2D eigenvalue weighted by atomic mass is 10.1. The van der Waals surface area contributed by atoms with Crippen LogP contribution in [-0.4, -0.2) is 31.1 Å². The van der Waals surface area contributed by atoms with Crippen LogP contribution in [0.2, 0.25) is 0 Å². The van der Waals surface area contributed by atoms with Crippen molar-refractivity contribution in [3.8, 4) is 5.75 Å². The average Bonchev–Trinajstić information content (AvgIpc) is 3.19. The van der Waals surface area contributed by atoms with E-state index < -0.39 is 0 Å². The Morgan fingerprint density at radius 3 is 2.58 bits per heavy atom. The van der Waals surface area contributed by atoms with Gasteiger partial charge in [-0.05, 0) is 56.2 Å². The van der Waals surface area contributed by atoms with E-state index in [9.17, 15) is 9.59 Å². The minimum atomic E-state index is -0.381. The third kappa shape index (κ3) is 4.40. The van der Waals surface area contributed by atoms with Crippen molar-refractivity contribution in [1.82, 2.24) is 0 Å². The summed E-state index contributed by atoms with van der Waals surface area (Å²) in [5.41, 5.74) is 1.75. The zero-order valence-corrected chi connectivity index (χ0v) is 14.7. The van der Waals surface area contributed by atoms with Crippen LogP contribution in [0.4, 0.5) is 11.4 Å². The second kappa shape index (κ2) is 8.49. The summed E-state index contributed by atoms with van der Waals surface area (Å²) in [6.45, 7) is 3.04. The molecule has 3 rings (SSSR count). The number of carbonyl (C=O) groups excluding carboxylic acids is 2. The largest absolute Gasteiger partial charge is 0.492 e. The molecule has 1 saturated heterocycles. The van der Waals surface area contributed by atoms with Crippen molar-refractivity contribution in [2.45, 2.75) is 25.9 Å². The Labute approximate surface area is 152 Å². The summed E-state index contributed by atoms with van der Waals surface area (Å²) in [6.07, 6.45) is 1.26. The first-order valence-corrected chi connectivity index (χ1v) is 8.73. The molecule has 2 aromatic rings. The van der Waals surface area contributed by atoms with Gasteiger partial charge in [-0.3, -0.25) is 9.59 Å². The Balaban J connectivity index is 1.63. The molecule has 6 nitrogen and oxygen atoms in total. The highest BCUT2D eigenvalue weighted by Gasteiger charge is 2.23. The molecule has 0 bridgehead atoms. The Morgan fingerprint density at radius 1 is 1.12 bits per heavy atom. The zero-order chi connectivity index (χ0) is 18.4. The van der Waals surface area contributed by atoms with Gasteiger partial charge >= 0.3 is 0 Å². The van der Waals surface area contributed by atoms with Crippen LogP contribution in [0.15, 0.2) is 48.5 Å². The van der Waals surface area contributed by atoms with Crippen molar-refractivity contribution < 1.29 is 19.1 Å². The van der Waals surface area contributed by atoms with E-state index in [0.29, 0.717) is 35.9 Å². The fourth-order valence-electron chi connectivity index (χ4n) is 2.76. The van der Waals surface area contributed by atoms with Crippen LogP contribution in [0.3, 0.4) is 0 Å². The molecule has 136 valence electrons. The van der Waals surface area contributed by atoms with Crippen LogP contribution in [0.5, 0.6) is 5.75 Å². The number of rotatable bonds is 6. The van der Waals surface area contributed by atoms with Crippen molar-refractivity contribution in [3.63, 3.8) is 0 Å². The number of para-hydroxylation sites is 2. The Bertz CT molecular complexity index is 768. The molecule has 1 aliphatic heterocycles. The standard InChI is InChI=1S/C20H22N2O4/c1-2-25-17-7-4-3-6-16(17)22-19(23)14-9-11-15(12-10-14)21-20(24)18-8-5-13-26-18/h3-4,6-7,9-12,18H,2,5,8,13H2,1H3,(H,21,24)(H,22,23)/t18-/m1/s1. The summed E-state index contributed by atoms with van der Waals surface area (Å²) in [6, 6.07) is 14.0. The van der Waals surface area contributed by atoms with E-state index in [-0.39, 0.29) is 17.9 Å². The molecule has 1 atom stereocenters. The average molecular weight is 354 g/mol. The van der Waals surface area contributed by atoms with Gasteiger partial charge in [-0.25, -0.2) is 0 Å². The number of benzene rings is 2. The lowest BCUT2D eigenvalue weighted by molar-refractivity contribution is -0.124. The summed E-state index contributed by atoms with van der Waals surface area (Å²) in [4.78, 5) is 24.5. The molecule has 2 N–H and O–H groups in total. The van der Waals surface area contributed by atoms with Gasteiger partial charge in [0.1, 0.15) is 11.9 Å². The van der Waals surface area contributed by atoms with E-state index in [1.54, 1.807) is 30.3 Å². The molecule has 26 heavy (non-hydrogen) atoms. The predicted molar refractivity (Wildman–Crippen MR) is 99.6 cm³/mol. The van der Waals surface area contributed by atoms with Gasteiger partial charge in [-0.2, -0.15) is 0 Å². The summed E-state index contributed by atoms with van der Waals surface area (Å²) < 4.78 is 10.9.